The molecule has 0 spiro atoms. The Bertz CT molecular complexity index is 372. The smallest absolute Gasteiger partial charge is 0.103 e. The summed E-state index contributed by atoms with van der Waals surface area (Å²) in [5.74, 6) is 1.06. The fourth-order valence-corrected chi connectivity index (χ4v) is 1.51. The summed E-state index contributed by atoms with van der Waals surface area (Å²) < 4.78 is 5.26. The minimum Gasteiger partial charge on any atom is -0.469 e. The lowest BCUT2D eigenvalue weighted by molar-refractivity contribution is 0.504. The van der Waals surface area contributed by atoms with Gasteiger partial charge in [0, 0.05) is 18.7 Å². The van der Waals surface area contributed by atoms with Crippen molar-refractivity contribution in [2.45, 2.75) is 12.8 Å². The number of aryl methyl sites for hydroxylation is 1. The van der Waals surface area contributed by atoms with E-state index in [0.717, 1.165) is 25.1 Å². The lowest BCUT2D eigenvalue weighted by Crippen LogP contribution is -2.02. The number of furan rings is 1. The van der Waals surface area contributed by atoms with Gasteiger partial charge in [-0.1, -0.05) is 18.2 Å². The number of rotatable bonds is 5. The molecule has 0 unspecified atom stereocenters. The highest BCUT2D eigenvalue weighted by Gasteiger charge is 1.95. The SMILES string of the molecule is Cl.c1ccc(NCCCc2ccco2)cc1. The molecule has 1 aromatic carbocycles. The molecule has 0 fully saturated rings. The van der Waals surface area contributed by atoms with Crippen molar-refractivity contribution in [1.82, 2.24) is 0 Å². The zero-order valence-corrected chi connectivity index (χ0v) is 9.87. The first-order valence-corrected chi connectivity index (χ1v) is 5.26. The van der Waals surface area contributed by atoms with Gasteiger partial charge in [0.25, 0.3) is 0 Å². The first kappa shape index (κ1) is 12.7. The predicted molar refractivity (Wildman–Crippen MR) is 69.2 cm³/mol. The topological polar surface area (TPSA) is 25.2 Å². The van der Waals surface area contributed by atoms with E-state index in [9.17, 15) is 0 Å². The summed E-state index contributed by atoms with van der Waals surface area (Å²) in [6.07, 6.45) is 3.80. The molecule has 2 rings (SSSR count). The van der Waals surface area contributed by atoms with Crippen molar-refractivity contribution in [2.24, 2.45) is 0 Å². The Labute approximate surface area is 102 Å². The molecule has 1 aromatic heterocycles. The molecule has 2 nitrogen and oxygen atoms in total. The molecular weight excluding hydrogens is 222 g/mol. The van der Waals surface area contributed by atoms with Crippen LogP contribution in [0.3, 0.4) is 0 Å². The van der Waals surface area contributed by atoms with E-state index in [4.69, 9.17) is 4.42 Å². The van der Waals surface area contributed by atoms with Gasteiger partial charge in [0.15, 0.2) is 0 Å². The first-order chi connectivity index (χ1) is 7.45. The third-order valence-electron chi connectivity index (χ3n) is 2.28. The average molecular weight is 238 g/mol. The number of benzene rings is 1. The second-order valence-electron chi connectivity index (χ2n) is 3.48. The molecular formula is C13H16ClNO. The van der Waals surface area contributed by atoms with E-state index in [1.807, 2.05) is 30.3 Å². The van der Waals surface area contributed by atoms with Crippen LogP contribution >= 0.6 is 12.4 Å². The number of hydrogen-bond donors (Lipinski definition) is 1. The van der Waals surface area contributed by atoms with Crippen molar-refractivity contribution in [3.05, 3.63) is 54.5 Å². The van der Waals surface area contributed by atoms with E-state index in [2.05, 4.69) is 17.4 Å². The number of hydrogen-bond acceptors (Lipinski definition) is 2. The van der Waals surface area contributed by atoms with Crippen LogP contribution in [0.25, 0.3) is 0 Å². The third kappa shape index (κ3) is 3.99. The Morgan fingerprint density at radius 2 is 1.81 bits per heavy atom. The normalized spacial score (nSPS) is 9.50. The maximum absolute atomic E-state index is 5.26. The van der Waals surface area contributed by atoms with Crippen LogP contribution in [-0.2, 0) is 6.42 Å². The van der Waals surface area contributed by atoms with Gasteiger partial charge in [-0.3, -0.25) is 0 Å². The van der Waals surface area contributed by atoms with Crippen LogP contribution in [0.15, 0.2) is 53.1 Å². The molecule has 1 heterocycles. The maximum atomic E-state index is 5.26. The van der Waals surface area contributed by atoms with Crippen LogP contribution in [0, 0.1) is 0 Å². The number of nitrogens with one attached hydrogen (secondary N) is 1. The largest absolute Gasteiger partial charge is 0.469 e. The molecule has 86 valence electrons. The second kappa shape index (κ2) is 6.96. The summed E-state index contributed by atoms with van der Waals surface area (Å²) >= 11 is 0. The zero-order valence-electron chi connectivity index (χ0n) is 9.06. The Hall–Kier alpha value is -1.41. The monoisotopic (exact) mass is 237 g/mol. The van der Waals surface area contributed by atoms with Gasteiger partial charge in [-0.2, -0.15) is 0 Å². The first-order valence-electron chi connectivity index (χ1n) is 5.26. The van der Waals surface area contributed by atoms with Gasteiger partial charge in [-0.05, 0) is 30.7 Å². The summed E-state index contributed by atoms with van der Waals surface area (Å²) in [5, 5.41) is 3.37. The summed E-state index contributed by atoms with van der Waals surface area (Å²) in [4.78, 5) is 0. The molecule has 0 aliphatic heterocycles. The number of anilines is 1. The van der Waals surface area contributed by atoms with Crippen LogP contribution in [0.2, 0.25) is 0 Å². The van der Waals surface area contributed by atoms with Crippen molar-refractivity contribution >= 4 is 18.1 Å². The molecule has 0 radical (unpaired) electrons. The minimum absolute atomic E-state index is 0. The van der Waals surface area contributed by atoms with E-state index in [1.165, 1.54) is 5.69 Å². The van der Waals surface area contributed by atoms with Crippen molar-refractivity contribution in [3.8, 4) is 0 Å². The molecule has 0 aliphatic carbocycles. The lowest BCUT2D eigenvalue weighted by Gasteiger charge is -2.04. The Morgan fingerprint density at radius 1 is 1.00 bits per heavy atom. The molecule has 0 bridgehead atoms. The third-order valence-corrected chi connectivity index (χ3v) is 2.28. The molecule has 0 atom stereocenters. The zero-order chi connectivity index (χ0) is 10.3. The molecule has 0 saturated carbocycles. The lowest BCUT2D eigenvalue weighted by atomic mass is 10.2. The maximum Gasteiger partial charge on any atom is 0.103 e. The van der Waals surface area contributed by atoms with E-state index >= 15 is 0 Å². The highest BCUT2D eigenvalue weighted by atomic mass is 35.5. The standard InChI is InChI=1S/C13H15NO.ClH/c1-2-6-12(7-3-1)14-10-4-8-13-9-5-11-15-13;/h1-3,5-7,9,11,14H,4,8,10H2;1H. The summed E-state index contributed by atoms with van der Waals surface area (Å²) in [6.45, 7) is 0.977. The molecule has 0 amide bonds. The van der Waals surface area contributed by atoms with Gasteiger partial charge < -0.3 is 9.73 Å². The van der Waals surface area contributed by atoms with Crippen LogP contribution in [0.4, 0.5) is 5.69 Å². The van der Waals surface area contributed by atoms with E-state index in [1.54, 1.807) is 6.26 Å². The number of para-hydroxylation sites is 1. The van der Waals surface area contributed by atoms with Crippen molar-refractivity contribution in [2.75, 3.05) is 11.9 Å². The molecule has 2 aromatic rings. The summed E-state index contributed by atoms with van der Waals surface area (Å²) in [6, 6.07) is 14.2. The van der Waals surface area contributed by atoms with E-state index in [-0.39, 0.29) is 12.4 Å². The molecule has 1 N–H and O–H groups in total. The van der Waals surface area contributed by atoms with E-state index in [0.29, 0.717) is 0 Å². The van der Waals surface area contributed by atoms with Gasteiger partial charge in [0.1, 0.15) is 5.76 Å². The van der Waals surface area contributed by atoms with Gasteiger partial charge in [-0.15, -0.1) is 12.4 Å². The van der Waals surface area contributed by atoms with Gasteiger partial charge >= 0.3 is 0 Å². The molecule has 0 aliphatic rings. The van der Waals surface area contributed by atoms with Gasteiger partial charge in [0.05, 0.1) is 6.26 Å². The summed E-state index contributed by atoms with van der Waals surface area (Å²) in [5.41, 5.74) is 1.18. The van der Waals surface area contributed by atoms with Crippen molar-refractivity contribution < 1.29 is 4.42 Å². The van der Waals surface area contributed by atoms with Gasteiger partial charge in [-0.25, -0.2) is 0 Å². The van der Waals surface area contributed by atoms with Crippen LogP contribution in [-0.4, -0.2) is 6.54 Å². The van der Waals surface area contributed by atoms with Crippen LogP contribution < -0.4 is 5.32 Å². The minimum atomic E-state index is 0. The van der Waals surface area contributed by atoms with Crippen LogP contribution in [0.5, 0.6) is 0 Å². The van der Waals surface area contributed by atoms with Gasteiger partial charge in [0.2, 0.25) is 0 Å². The highest BCUT2D eigenvalue weighted by molar-refractivity contribution is 5.85. The van der Waals surface area contributed by atoms with Crippen molar-refractivity contribution in [1.29, 1.82) is 0 Å². The van der Waals surface area contributed by atoms with E-state index < -0.39 is 0 Å². The van der Waals surface area contributed by atoms with Crippen molar-refractivity contribution in [3.63, 3.8) is 0 Å². The predicted octanol–water partition coefficient (Wildman–Crippen LogP) is 3.75. The Kier molecular flexibility index (Phi) is 5.51. The van der Waals surface area contributed by atoms with Crippen LogP contribution in [0.1, 0.15) is 12.2 Å². The molecule has 3 heteroatoms. The highest BCUT2D eigenvalue weighted by Crippen LogP contribution is 2.07. The average Bonchev–Trinajstić information content (AvgIpc) is 2.79. The Morgan fingerprint density at radius 3 is 2.50 bits per heavy atom. The molecule has 0 saturated heterocycles. The fourth-order valence-electron chi connectivity index (χ4n) is 1.51. The quantitative estimate of drug-likeness (QED) is 0.802. The molecule has 16 heavy (non-hydrogen) atoms. The Balaban J connectivity index is 0.00000128. The number of halogens is 1. The fraction of sp³-hybridized carbons (Fsp3) is 0.231. The second-order valence-corrected chi connectivity index (χ2v) is 3.48. The summed E-state index contributed by atoms with van der Waals surface area (Å²) in [7, 11) is 0.